The normalized spacial score (nSPS) is 13.7. The van der Waals surface area contributed by atoms with Gasteiger partial charge in [0.25, 0.3) is 0 Å². The molecule has 176 valence electrons. The Kier molecular flexibility index (Phi) is 8.37. The summed E-state index contributed by atoms with van der Waals surface area (Å²) in [4.78, 5) is 38.8. The Morgan fingerprint density at radius 2 is 1.61 bits per heavy atom. The summed E-state index contributed by atoms with van der Waals surface area (Å²) in [5, 5.41) is 8.45. The van der Waals surface area contributed by atoms with Crippen molar-refractivity contribution in [1.82, 2.24) is 10.2 Å². The van der Waals surface area contributed by atoms with Crippen LogP contribution in [0.5, 0.6) is 11.5 Å². The number of piperidine rings is 1. The number of carbonyl (C=O) groups is 3. The molecule has 10 heteroatoms. The number of likely N-dealkylation sites (tertiary alicyclic amines) is 1. The van der Waals surface area contributed by atoms with Crippen LogP contribution in [0.1, 0.15) is 12.8 Å². The van der Waals surface area contributed by atoms with Gasteiger partial charge in [-0.15, -0.1) is 0 Å². The van der Waals surface area contributed by atoms with Gasteiger partial charge in [0.1, 0.15) is 11.5 Å². The van der Waals surface area contributed by atoms with Crippen molar-refractivity contribution < 1.29 is 23.9 Å². The van der Waals surface area contributed by atoms with Gasteiger partial charge in [0, 0.05) is 24.7 Å². The highest BCUT2D eigenvalue weighted by molar-refractivity contribution is 6.40. The number of nitrogens with one attached hydrogen (secondary N) is 3. The number of hydrogen-bond acceptors (Lipinski definition) is 5. The summed E-state index contributed by atoms with van der Waals surface area (Å²) in [5.74, 6) is -0.383. The molecule has 1 aliphatic rings. The molecule has 3 N–H and O–H groups in total. The van der Waals surface area contributed by atoms with E-state index < -0.39 is 11.8 Å². The quantitative estimate of drug-likeness (QED) is 0.556. The molecule has 0 aromatic heterocycles. The van der Waals surface area contributed by atoms with E-state index in [-0.39, 0.29) is 11.9 Å². The lowest BCUT2D eigenvalue weighted by atomic mass is 9.97. The Bertz CT molecular complexity index is 1010. The monoisotopic (exact) mass is 474 g/mol. The topological polar surface area (TPSA) is 109 Å². The molecule has 33 heavy (non-hydrogen) atoms. The molecular formula is C23H27ClN4O5. The summed E-state index contributed by atoms with van der Waals surface area (Å²) in [6.07, 6.45) is 1.42. The number of benzene rings is 2. The zero-order valence-electron chi connectivity index (χ0n) is 18.5. The number of halogens is 1. The number of urea groups is 1. The number of ether oxygens (including phenoxy) is 2. The van der Waals surface area contributed by atoms with Crippen LogP contribution in [0.2, 0.25) is 5.02 Å². The van der Waals surface area contributed by atoms with Crippen molar-refractivity contribution in [3.8, 4) is 11.5 Å². The number of para-hydroxylation sites is 2. The minimum absolute atomic E-state index is 0.165. The van der Waals surface area contributed by atoms with E-state index in [0.29, 0.717) is 60.4 Å². The molecule has 0 saturated carbocycles. The van der Waals surface area contributed by atoms with Crippen LogP contribution in [0.15, 0.2) is 42.5 Å². The smallest absolute Gasteiger partial charge is 0.321 e. The van der Waals surface area contributed by atoms with Gasteiger partial charge in [0.05, 0.1) is 25.6 Å². The number of hydrogen-bond donors (Lipinski definition) is 3. The minimum atomic E-state index is -0.802. The predicted octanol–water partition coefficient (Wildman–Crippen LogP) is 3.36. The van der Waals surface area contributed by atoms with Gasteiger partial charge < -0.3 is 30.3 Å². The predicted molar refractivity (Wildman–Crippen MR) is 126 cm³/mol. The Morgan fingerprint density at radius 3 is 2.30 bits per heavy atom. The van der Waals surface area contributed by atoms with Gasteiger partial charge in [-0.05, 0) is 49.1 Å². The van der Waals surface area contributed by atoms with E-state index in [1.165, 1.54) is 13.2 Å². The van der Waals surface area contributed by atoms with Gasteiger partial charge in [-0.25, -0.2) is 4.79 Å². The van der Waals surface area contributed by atoms with Crippen molar-refractivity contribution in [3.05, 3.63) is 47.5 Å². The van der Waals surface area contributed by atoms with Crippen LogP contribution in [0.4, 0.5) is 16.2 Å². The molecule has 0 spiro atoms. The Balaban J connectivity index is 1.43. The maximum Gasteiger partial charge on any atom is 0.321 e. The Morgan fingerprint density at radius 1 is 0.939 bits per heavy atom. The standard InChI is InChI=1S/C23H27ClN4O5/c1-32-19-6-4-3-5-17(19)27-23(31)28-11-9-15(10-12-28)14-25-21(29)22(30)26-18-13-16(24)7-8-20(18)33-2/h3-8,13,15H,9-12,14H2,1-2H3,(H,25,29)(H,26,30)(H,27,31). The van der Waals surface area contributed by atoms with Gasteiger partial charge >= 0.3 is 17.8 Å². The third-order valence-corrected chi connectivity index (χ3v) is 5.65. The molecule has 2 aromatic carbocycles. The lowest BCUT2D eigenvalue weighted by Crippen LogP contribution is -2.44. The fourth-order valence-electron chi connectivity index (χ4n) is 3.56. The van der Waals surface area contributed by atoms with E-state index in [1.807, 2.05) is 12.1 Å². The highest BCUT2D eigenvalue weighted by Gasteiger charge is 2.25. The summed E-state index contributed by atoms with van der Waals surface area (Å²) in [7, 11) is 3.01. The Labute approximate surface area is 197 Å². The van der Waals surface area contributed by atoms with Crippen molar-refractivity contribution in [2.75, 3.05) is 44.5 Å². The summed E-state index contributed by atoms with van der Waals surface area (Å²) in [6.45, 7) is 1.45. The van der Waals surface area contributed by atoms with Gasteiger partial charge in [0.15, 0.2) is 0 Å². The molecule has 1 saturated heterocycles. The lowest BCUT2D eigenvalue weighted by molar-refractivity contribution is -0.136. The minimum Gasteiger partial charge on any atom is -0.495 e. The zero-order chi connectivity index (χ0) is 23.8. The summed E-state index contributed by atoms with van der Waals surface area (Å²) < 4.78 is 10.4. The number of anilines is 2. The molecular weight excluding hydrogens is 448 g/mol. The molecule has 0 bridgehead atoms. The summed E-state index contributed by atoms with van der Waals surface area (Å²) in [6, 6.07) is 11.8. The summed E-state index contributed by atoms with van der Waals surface area (Å²) in [5.41, 5.74) is 0.932. The summed E-state index contributed by atoms with van der Waals surface area (Å²) >= 11 is 5.95. The number of amides is 4. The Hall–Kier alpha value is -3.46. The largest absolute Gasteiger partial charge is 0.495 e. The fourth-order valence-corrected chi connectivity index (χ4v) is 3.73. The highest BCUT2D eigenvalue weighted by Crippen LogP contribution is 2.28. The molecule has 0 radical (unpaired) electrons. The van der Waals surface area contributed by atoms with Crippen LogP contribution >= 0.6 is 11.6 Å². The van der Waals surface area contributed by atoms with E-state index in [1.54, 1.807) is 36.3 Å². The molecule has 0 aliphatic carbocycles. The van der Waals surface area contributed by atoms with Crippen molar-refractivity contribution in [1.29, 1.82) is 0 Å². The second kappa shape index (κ2) is 11.4. The highest BCUT2D eigenvalue weighted by atomic mass is 35.5. The molecule has 3 rings (SSSR count). The molecule has 9 nitrogen and oxygen atoms in total. The van der Waals surface area contributed by atoms with Crippen LogP contribution in [0.3, 0.4) is 0 Å². The van der Waals surface area contributed by atoms with E-state index >= 15 is 0 Å². The number of rotatable bonds is 6. The van der Waals surface area contributed by atoms with Crippen molar-refractivity contribution in [2.24, 2.45) is 5.92 Å². The second-order valence-corrected chi connectivity index (χ2v) is 8.01. The third-order valence-electron chi connectivity index (χ3n) is 5.42. The maximum atomic E-state index is 12.6. The average molecular weight is 475 g/mol. The molecule has 0 unspecified atom stereocenters. The van der Waals surface area contributed by atoms with Crippen molar-refractivity contribution in [3.63, 3.8) is 0 Å². The van der Waals surface area contributed by atoms with Crippen LogP contribution in [0.25, 0.3) is 0 Å². The van der Waals surface area contributed by atoms with Gasteiger partial charge in [-0.3, -0.25) is 9.59 Å². The molecule has 1 heterocycles. The van der Waals surface area contributed by atoms with Crippen LogP contribution < -0.4 is 25.4 Å². The first-order chi connectivity index (χ1) is 15.9. The van der Waals surface area contributed by atoms with Crippen LogP contribution in [-0.4, -0.2) is 56.6 Å². The molecule has 1 aliphatic heterocycles. The molecule has 2 aromatic rings. The van der Waals surface area contributed by atoms with E-state index in [0.717, 1.165) is 0 Å². The van der Waals surface area contributed by atoms with Crippen molar-refractivity contribution >= 4 is 40.8 Å². The first kappa shape index (κ1) is 24.2. The molecule has 4 amide bonds. The number of methoxy groups -OCH3 is 2. The number of nitrogens with zero attached hydrogens (tertiary/aromatic N) is 1. The number of carbonyl (C=O) groups excluding carboxylic acids is 3. The average Bonchev–Trinajstić information content (AvgIpc) is 2.83. The zero-order valence-corrected chi connectivity index (χ0v) is 19.3. The van der Waals surface area contributed by atoms with Crippen molar-refractivity contribution in [2.45, 2.75) is 12.8 Å². The van der Waals surface area contributed by atoms with E-state index in [9.17, 15) is 14.4 Å². The SMILES string of the molecule is COc1ccc(Cl)cc1NC(=O)C(=O)NCC1CCN(C(=O)Nc2ccccc2OC)CC1. The maximum absolute atomic E-state index is 12.6. The fraction of sp³-hybridized carbons (Fsp3) is 0.348. The van der Waals surface area contributed by atoms with Crippen LogP contribution in [0, 0.1) is 5.92 Å². The lowest BCUT2D eigenvalue weighted by Gasteiger charge is -2.32. The second-order valence-electron chi connectivity index (χ2n) is 7.57. The van der Waals surface area contributed by atoms with Crippen LogP contribution in [-0.2, 0) is 9.59 Å². The van der Waals surface area contributed by atoms with E-state index in [2.05, 4.69) is 16.0 Å². The molecule has 1 fully saturated rings. The third kappa shape index (κ3) is 6.52. The van der Waals surface area contributed by atoms with Gasteiger partial charge in [-0.2, -0.15) is 0 Å². The first-order valence-electron chi connectivity index (χ1n) is 10.5. The van der Waals surface area contributed by atoms with Gasteiger partial charge in [0.2, 0.25) is 0 Å². The van der Waals surface area contributed by atoms with Gasteiger partial charge in [-0.1, -0.05) is 23.7 Å². The molecule has 0 atom stereocenters. The van der Waals surface area contributed by atoms with E-state index in [4.69, 9.17) is 21.1 Å². The first-order valence-corrected chi connectivity index (χ1v) is 10.9.